The molecule has 2 N–H and O–H groups in total. The molecule has 1 aliphatic heterocycles. The van der Waals surface area contributed by atoms with Gasteiger partial charge in [-0.1, -0.05) is 37.6 Å². The molecular weight excluding hydrogens is 462 g/mol. The van der Waals surface area contributed by atoms with Crippen LogP contribution in [0.4, 0.5) is 0 Å². The minimum absolute atomic E-state index is 0.0423. The first-order valence-electron chi connectivity index (χ1n) is 11.1. The number of hydrogen-bond donors (Lipinski definition) is 1. The lowest BCUT2D eigenvalue weighted by Gasteiger charge is -2.37. The summed E-state index contributed by atoms with van der Waals surface area (Å²) in [5.41, 5.74) is 1.79. The SMILES string of the molecule is CC.CCOc1ccc(C(C)N2CCN(S(=O)(=O)c3ccc(C)cc3)CC2)cc1S(N)(=O)=O. The molecule has 1 saturated heterocycles. The van der Waals surface area contributed by atoms with Gasteiger partial charge in [-0.3, -0.25) is 4.90 Å². The largest absolute Gasteiger partial charge is 0.492 e. The topological polar surface area (TPSA) is 110 Å². The van der Waals surface area contributed by atoms with Crippen molar-refractivity contribution in [1.29, 1.82) is 0 Å². The fourth-order valence-corrected chi connectivity index (χ4v) is 5.81. The number of primary sulfonamides is 1. The Morgan fingerprint density at radius 3 is 2.06 bits per heavy atom. The van der Waals surface area contributed by atoms with Crippen molar-refractivity contribution in [1.82, 2.24) is 9.21 Å². The maximum Gasteiger partial charge on any atom is 0.243 e. The van der Waals surface area contributed by atoms with Crippen LogP contribution in [0.1, 0.15) is 44.9 Å². The van der Waals surface area contributed by atoms with Gasteiger partial charge in [0.05, 0.1) is 11.5 Å². The highest BCUT2D eigenvalue weighted by Gasteiger charge is 2.30. The molecular formula is C23H35N3O5S2. The first kappa shape index (κ1) is 27.3. The highest BCUT2D eigenvalue weighted by atomic mass is 32.2. The zero-order valence-electron chi connectivity index (χ0n) is 20.0. The highest BCUT2D eigenvalue weighted by molar-refractivity contribution is 7.89. The lowest BCUT2D eigenvalue weighted by Crippen LogP contribution is -2.49. The van der Waals surface area contributed by atoms with Crippen LogP contribution in [0.3, 0.4) is 0 Å². The minimum Gasteiger partial charge on any atom is -0.492 e. The summed E-state index contributed by atoms with van der Waals surface area (Å²) in [6.07, 6.45) is 0. The van der Waals surface area contributed by atoms with E-state index in [0.29, 0.717) is 37.7 Å². The van der Waals surface area contributed by atoms with Crippen molar-refractivity contribution in [3.63, 3.8) is 0 Å². The van der Waals surface area contributed by atoms with Crippen molar-refractivity contribution in [2.24, 2.45) is 5.14 Å². The normalized spacial score (nSPS) is 16.5. The predicted octanol–water partition coefficient (Wildman–Crippen LogP) is 3.13. The average Bonchev–Trinajstić information content (AvgIpc) is 2.80. The molecule has 2 aromatic rings. The van der Waals surface area contributed by atoms with E-state index in [1.807, 2.05) is 33.8 Å². The first-order valence-corrected chi connectivity index (χ1v) is 14.1. The van der Waals surface area contributed by atoms with Crippen molar-refractivity contribution in [3.8, 4) is 5.75 Å². The van der Waals surface area contributed by atoms with E-state index in [1.165, 1.54) is 4.31 Å². The highest BCUT2D eigenvalue weighted by Crippen LogP contribution is 2.30. The Morgan fingerprint density at radius 2 is 1.55 bits per heavy atom. The number of nitrogens with zero attached hydrogens (tertiary/aromatic N) is 2. The van der Waals surface area contributed by atoms with Gasteiger partial charge >= 0.3 is 0 Å². The van der Waals surface area contributed by atoms with Crippen molar-refractivity contribution < 1.29 is 21.6 Å². The van der Waals surface area contributed by atoms with Crippen LogP contribution in [0, 0.1) is 6.92 Å². The number of sulfonamides is 2. The van der Waals surface area contributed by atoms with Crippen LogP contribution in [0.5, 0.6) is 5.75 Å². The summed E-state index contributed by atoms with van der Waals surface area (Å²) in [5.74, 6) is 0.231. The maximum atomic E-state index is 12.9. The van der Waals surface area contributed by atoms with Crippen LogP contribution >= 0.6 is 0 Å². The number of piperazine rings is 1. The van der Waals surface area contributed by atoms with Crippen LogP contribution in [0.2, 0.25) is 0 Å². The van der Waals surface area contributed by atoms with E-state index in [4.69, 9.17) is 9.88 Å². The lowest BCUT2D eigenvalue weighted by molar-refractivity contribution is 0.145. The van der Waals surface area contributed by atoms with Gasteiger partial charge in [0.2, 0.25) is 20.0 Å². The van der Waals surface area contributed by atoms with Gasteiger partial charge in [0, 0.05) is 32.2 Å². The van der Waals surface area contributed by atoms with Crippen molar-refractivity contribution >= 4 is 20.0 Å². The van der Waals surface area contributed by atoms with E-state index in [9.17, 15) is 16.8 Å². The van der Waals surface area contributed by atoms with E-state index in [-0.39, 0.29) is 16.7 Å². The summed E-state index contributed by atoms with van der Waals surface area (Å²) in [6.45, 7) is 11.8. The molecule has 3 rings (SSSR count). The van der Waals surface area contributed by atoms with Gasteiger partial charge in [0.1, 0.15) is 10.6 Å². The Morgan fingerprint density at radius 1 is 0.970 bits per heavy atom. The van der Waals surface area contributed by atoms with Gasteiger partial charge in [-0.25, -0.2) is 22.0 Å². The number of benzene rings is 2. The zero-order valence-corrected chi connectivity index (χ0v) is 21.6. The summed E-state index contributed by atoms with van der Waals surface area (Å²) in [4.78, 5) is 2.38. The minimum atomic E-state index is -3.94. The first-order chi connectivity index (χ1) is 15.5. The Labute approximate surface area is 198 Å². The van der Waals surface area contributed by atoms with Gasteiger partial charge in [-0.15, -0.1) is 0 Å². The molecule has 10 heteroatoms. The molecule has 0 amide bonds. The van der Waals surface area contributed by atoms with E-state index in [0.717, 1.165) is 11.1 Å². The molecule has 0 bridgehead atoms. The van der Waals surface area contributed by atoms with Crippen LogP contribution in [0.25, 0.3) is 0 Å². The van der Waals surface area contributed by atoms with Gasteiger partial charge in [0.25, 0.3) is 0 Å². The summed E-state index contributed by atoms with van der Waals surface area (Å²) in [6, 6.07) is 11.7. The molecule has 184 valence electrons. The quantitative estimate of drug-likeness (QED) is 0.629. The summed E-state index contributed by atoms with van der Waals surface area (Å²) in [5, 5.41) is 5.37. The third kappa shape index (κ3) is 6.54. The van der Waals surface area contributed by atoms with E-state index in [2.05, 4.69) is 4.90 Å². The molecule has 33 heavy (non-hydrogen) atoms. The average molecular weight is 498 g/mol. The second kappa shape index (κ2) is 11.4. The van der Waals surface area contributed by atoms with Gasteiger partial charge < -0.3 is 4.74 Å². The Kier molecular flexibility index (Phi) is 9.45. The van der Waals surface area contributed by atoms with Crippen molar-refractivity contribution in [2.75, 3.05) is 32.8 Å². The van der Waals surface area contributed by atoms with Gasteiger partial charge in [-0.2, -0.15) is 4.31 Å². The lowest BCUT2D eigenvalue weighted by atomic mass is 10.1. The van der Waals surface area contributed by atoms with Crippen LogP contribution < -0.4 is 9.88 Å². The Bertz CT molecular complexity index is 1130. The van der Waals surface area contributed by atoms with Crippen molar-refractivity contribution in [3.05, 3.63) is 53.6 Å². The number of nitrogens with two attached hydrogens (primary N) is 1. The number of rotatable bonds is 7. The van der Waals surface area contributed by atoms with E-state index in [1.54, 1.807) is 43.3 Å². The smallest absolute Gasteiger partial charge is 0.243 e. The number of aryl methyl sites for hydroxylation is 1. The number of ether oxygens (including phenoxy) is 1. The molecule has 1 unspecified atom stereocenters. The third-order valence-corrected chi connectivity index (χ3v) is 8.38. The summed E-state index contributed by atoms with van der Waals surface area (Å²) in [7, 11) is -7.47. The Balaban J connectivity index is 0.00000187. The van der Waals surface area contributed by atoms with E-state index >= 15 is 0 Å². The molecule has 0 aliphatic carbocycles. The summed E-state index contributed by atoms with van der Waals surface area (Å²) < 4.78 is 56.7. The molecule has 1 fully saturated rings. The monoisotopic (exact) mass is 497 g/mol. The molecule has 1 atom stereocenters. The number of hydrogen-bond acceptors (Lipinski definition) is 6. The Hall–Kier alpha value is -1.98. The fraction of sp³-hybridized carbons (Fsp3) is 0.478. The maximum absolute atomic E-state index is 12.9. The third-order valence-electron chi connectivity index (χ3n) is 5.54. The molecule has 0 aromatic heterocycles. The van der Waals surface area contributed by atoms with Crippen LogP contribution in [0.15, 0.2) is 52.3 Å². The molecule has 1 aliphatic rings. The zero-order chi connectivity index (χ0) is 24.8. The fourth-order valence-electron chi connectivity index (χ4n) is 3.68. The molecule has 0 saturated carbocycles. The van der Waals surface area contributed by atoms with Crippen molar-refractivity contribution in [2.45, 2.75) is 50.5 Å². The predicted molar refractivity (Wildman–Crippen MR) is 130 cm³/mol. The second-order valence-electron chi connectivity index (χ2n) is 7.61. The van der Waals surface area contributed by atoms with E-state index < -0.39 is 20.0 Å². The van der Waals surface area contributed by atoms with Crippen LogP contribution in [-0.4, -0.2) is 58.8 Å². The molecule has 8 nitrogen and oxygen atoms in total. The standard InChI is InChI=1S/C21H29N3O5S2.C2H6/c1-4-29-20-10-7-18(15-21(20)30(22,25)26)17(3)23-11-13-24(14-12-23)31(27,28)19-8-5-16(2)6-9-19;1-2/h5-10,15,17H,4,11-14H2,1-3H3,(H2,22,25,26);1-2H3. The van der Waals surface area contributed by atoms with Gasteiger partial charge in [-0.05, 0) is 50.6 Å². The second-order valence-corrected chi connectivity index (χ2v) is 11.1. The molecule has 2 aromatic carbocycles. The van der Waals surface area contributed by atoms with Crippen LogP contribution in [-0.2, 0) is 20.0 Å². The summed E-state index contributed by atoms with van der Waals surface area (Å²) >= 11 is 0. The molecule has 0 radical (unpaired) electrons. The molecule has 1 heterocycles. The molecule has 0 spiro atoms. The van der Waals surface area contributed by atoms with Gasteiger partial charge in [0.15, 0.2) is 0 Å².